The Hall–Kier alpha value is -2.00. The summed E-state index contributed by atoms with van der Waals surface area (Å²) in [5, 5.41) is 0. The van der Waals surface area contributed by atoms with Crippen molar-refractivity contribution in [3.05, 3.63) is 70.5 Å². The Balaban J connectivity index is 1.99. The van der Waals surface area contributed by atoms with Crippen molar-refractivity contribution in [2.45, 2.75) is 6.42 Å². The minimum atomic E-state index is 0.645. The molecule has 0 atom stereocenters. The van der Waals surface area contributed by atoms with Gasteiger partial charge in [0.15, 0.2) is 4.73 Å². The van der Waals surface area contributed by atoms with Crippen LogP contribution in [0.25, 0.3) is 22.5 Å². The maximum absolute atomic E-state index is 4.60. The fraction of sp³-hybridized carbons (Fsp3) is 0.0588. The van der Waals surface area contributed by atoms with Crippen molar-refractivity contribution in [3.8, 4) is 22.5 Å². The van der Waals surface area contributed by atoms with Gasteiger partial charge in [-0.3, -0.25) is 0 Å². The number of benzene rings is 2. The standard InChI is InChI=1S/C17H11BrN2/c18-17-19-15(11-6-2-1-3-7-11)14-10-12-8-4-5-9-13(12)16(14)20-17/h1-9H,10H2. The summed E-state index contributed by atoms with van der Waals surface area (Å²) in [6.07, 6.45) is 0.906. The number of aromatic nitrogens is 2. The van der Waals surface area contributed by atoms with Gasteiger partial charge in [0.1, 0.15) is 0 Å². The van der Waals surface area contributed by atoms with Crippen molar-refractivity contribution < 1.29 is 0 Å². The molecule has 2 aromatic carbocycles. The van der Waals surface area contributed by atoms with Crippen molar-refractivity contribution in [1.29, 1.82) is 0 Å². The lowest BCUT2D eigenvalue weighted by molar-refractivity contribution is 1.09. The first-order valence-electron chi connectivity index (χ1n) is 6.53. The van der Waals surface area contributed by atoms with E-state index in [1.165, 1.54) is 16.7 Å². The van der Waals surface area contributed by atoms with Crippen molar-refractivity contribution >= 4 is 15.9 Å². The lowest BCUT2D eigenvalue weighted by atomic mass is 10.0. The van der Waals surface area contributed by atoms with Crippen LogP contribution in [-0.4, -0.2) is 9.97 Å². The fourth-order valence-electron chi connectivity index (χ4n) is 2.78. The molecular formula is C17H11BrN2. The van der Waals surface area contributed by atoms with E-state index in [2.05, 4.69) is 62.3 Å². The first kappa shape index (κ1) is 11.8. The molecule has 0 unspecified atom stereocenters. The number of hydrogen-bond acceptors (Lipinski definition) is 2. The van der Waals surface area contributed by atoms with E-state index in [1.54, 1.807) is 0 Å². The van der Waals surface area contributed by atoms with Gasteiger partial charge in [0.2, 0.25) is 0 Å². The largest absolute Gasteiger partial charge is 0.222 e. The monoisotopic (exact) mass is 322 g/mol. The topological polar surface area (TPSA) is 25.8 Å². The molecule has 3 aromatic rings. The molecular weight excluding hydrogens is 312 g/mol. The quantitative estimate of drug-likeness (QED) is 0.483. The molecule has 3 heteroatoms. The van der Waals surface area contributed by atoms with Gasteiger partial charge in [-0.15, -0.1) is 0 Å². The van der Waals surface area contributed by atoms with Gasteiger partial charge in [-0.1, -0.05) is 54.6 Å². The van der Waals surface area contributed by atoms with E-state index < -0.39 is 0 Å². The van der Waals surface area contributed by atoms with Crippen LogP contribution < -0.4 is 0 Å². The molecule has 1 aliphatic rings. The van der Waals surface area contributed by atoms with E-state index >= 15 is 0 Å². The summed E-state index contributed by atoms with van der Waals surface area (Å²) in [5.41, 5.74) is 7.00. The third-order valence-corrected chi connectivity index (χ3v) is 4.02. The number of fused-ring (bicyclic) bond motifs is 3. The molecule has 4 rings (SSSR count). The van der Waals surface area contributed by atoms with Crippen LogP contribution in [0.5, 0.6) is 0 Å². The van der Waals surface area contributed by atoms with Crippen LogP contribution >= 0.6 is 15.9 Å². The molecule has 0 N–H and O–H groups in total. The zero-order chi connectivity index (χ0) is 13.5. The highest BCUT2D eigenvalue weighted by Crippen LogP contribution is 2.39. The zero-order valence-corrected chi connectivity index (χ0v) is 12.3. The summed E-state index contributed by atoms with van der Waals surface area (Å²) < 4.78 is 0.645. The smallest absolute Gasteiger partial charge is 0.197 e. The fourth-order valence-corrected chi connectivity index (χ4v) is 3.13. The molecule has 0 amide bonds. The van der Waals surface area contributed by atoms with Gasteiger partial charge in [-0.05, 0) is 21.5 Å². The summed E-state index contributed by atoms with van der Waals surface area (Å²) in [5.74, 6) is 0. The lowest BCUT2D eigenvalue weighted by Gasteiger charge is -2.08. The van der Waals surface area contributed by atoms with E-state index in [0.29, 0.717) is 4.73 Å². The zero-order valence-electron chi connectivity index (χ0n) is 10.7. The van der Waals surface area contributed by atoms with Crippen LogP contribution in [0.1, 0.15) is 11.1 Å². The van der Waals surface area contributed by atoms with E-state index in [-0.39, 0.29) is 0 Å². The second-order valence-electron chi connectivity index (χ2n) is 4.87. The van der Waals surface area contributed by atoms with Gasteiger partial charge in [0, 0.05) is 23.1 Å². The molecule has 0 radical (unpaired) electrons. The molecule has 0 bridgehead atoms. The van der Waals surface area contributed by atoms with Crippen molar-refractivity contribution in [1.82, 2.24) is 9.97 Å². The minimum Gasteiger partial charge on any atom is -0.222 e. The lowest BCUT2D eigenvalue weighted by Crippen LogP contribution is -1.96. The molecule has 0 fully saturated rings. The Morgan fingerprint density at radius 3 is 2.35 bits per heavy atom. The van der Waals surface area contributed by atoms with E-state index in [0.717, 1.165) is 23.4 Å². The SMILES string of the molecule is Brc1nc(-c2ccccc2)c2c(n1)-c1ccccc1C2. The number of hydrogen-bond donors (Lipinski definition) is 0. The maximum atomic E-state index is 4.60. The summed E-state index contributed by atoms with van der Waals surface area (Å²) >= 11 is 3.44. The highest BCUT2D eigenvalue weighted by molar-refractivity contribution is 9.10. The molecule has 0 aliphatic heterocycles. The van der Waals surface area contributed by atoms with Crippen LogP contribution in [-0.2, 0) is 6.42 Å². The summed E-state index contributed by atoms with van der Waals surface area (Å²) in [6, 6.07) is 18.7. The Morgan fingerprint density at radius 1 is 0.800 bits per heavy atom. The molecule has 0 saturated carbocycles. The molecule has 1 aromatic heterocycles. The Kier molecular flexibility index (Phi) is 2.67. The van der Waals surface area contributed by atoms with Gasteiger partial charge in [-0.25, -0.2) is 9.97 Å². The minimum absolute atomic E-state index is 0.645. The number of halogens is 1. The first-order valence-corrected chi connectivity index (χ1v) is 7.32. The summed E-state index contributed by atoms with van der Waals surface area (Å²) in [7, 11) is 0. The molecule has 1 heterocycles. The third kappa shape index (κ3) is 1.78. The van der Waals surface area contributed by atoms with Crippen molar-refractivity contribution in [2.24, 2.45) is 0 Å². The first-order chi connectivity index (χ1) is 9.83. The van der Waals surface area contributed by atoms with E-state index in [1.807, 2.05) is 18.2 Å². The predicted octanol–water partition coefficient (Wildman–Crippen LogP) is 4.48. The van der Waals surface area contributed by atoms with Crippen molar-refractivity contribution in [2.75, 3.05) is 0 Å². The molecule has 20 heavy (non-hydrogen) atoms. The predicted molar refractivity (Wildman–Crippen MR) is 83.4 cm³/mol. The van der Waals surface area contributed by atoms with Gasteiger partial charge >= 0.3 is 0 Å². The number of nitrogens with zero attached hydrogens (tertiary/aromatic N) is 2. The van der Waals surface area contributed by atoms with Gasteiger partial charge < -0.3 is 0 Å². The second kappa shape index (κ2) is 4.53. The van der Waals surface area contributed by atoms with Gasteiger partial charge in [-0.2, -0.15) is 0 Å². The molecule has 1 aliphatic carbocycles. The van der Waals surface area contributed by atoms with Crippen LogP contribution in [0, 0.1) is 0 Å². The van der Waals surface area contributed by atoms with Crippen molar-refractivity contribution in [3.63, 3.8) is 0 Å². The maximum Gasteiger partial charge on any atom is 0.197 e. The average Bonchev–Trinajstić information content (AvgIpc) is 2.86. The molecule has 96 valence electrons. The third-order valence-electron chi connectivity index (χ3n) is 3.67. The molecule has 2 nitrogen and oxygen atoms in total. The van der Waals surface area contributed by atoms with Crippen LogP contribution in [0.2, 0.25) is 0 Å². The van der Waals surface area contributed by atoms with Crippen LogP contribution in [0.4, 0.5) is 0 Å². The summed E-state index contributed by atoms with van der Waals surface area (Å²) in [6.45, 7) is 0. The van der Waals surface area contributed by atoms with Crippen LogP contribution in [0.15, 0.2) is 59.3 Å². The van der Waals surface area contributed by atoms with Gasteiger partial charge in [0.05, 0.1) is 11.4 Å². The highest BCUT2D eigenvalue weighted by atomic mass is 79.9. The molecule has 0 saturated heterocycles. The highest BCUT2D eigenvalue weighted by Gasteiger charge is 2.24. The Morgan fingerprint density at radius 2 is 1.50 bits per heavy atom. The normalized spacial score (nSPS) is 12.1. The average molecular weight is 323 g/mol. The van der Waals surface area contributed by atoms with E-state index in [4.69, 9.17) is 0 Å². The Bertz CT molecular complexity index is 797. The molecule has 0 spiro atoms. The van der Waals surface area contributed by atoms with Crippen LogP contribution in [0.3, 0.4) is 0 Å². The second-order valence-corrected chi connectivity index (χ2v) is 5.58. The van der Waals surface area contributed by atoms with E-state index in [9.17, 15) is 0 Å². The number of rotatable bonds is 1. The van der Waals surface area contributed by atoms with Gasteiger partial charge in [0.25, 0.3) is 0 Å². The Labute approximate surface area is 125 Å². The summed E-state index contributed by atoms with van der Waals surface area (Å²) in [4.78, 5) is 9.19.